The second kappa shape index (κ2) is 9.36. The Balaban J connectivity index is 1.55. The minimum atomic E-state index is -4.65. The SMILES string of the molecule is CC(CNC(=O)C1CCN(c2ccc(C(F)(F)F)cc2[N+](=O)[O-])CC1)Cn1cccn1. The van der Waals surface area contributed by atoms with Crippen molar-refractivity contribution >= 4 is 17.3 Å². The number of carbonyl (C=O) groups excluding carboxylic acids is 1. The van der Waals surface area contributed by atoms with Gasteiger partial charge in [0.1, 0.15) is 5.69 Å². The van der Waals surface area contributed by atoms with Crippen molar-refractivity contribution in [2.24, 2.45) is 11.8 Å². The van der Waals surface area contributed by atoms with Gasteiger partial charge in [0.25, 0.3) is 5.69 Å². The molecule has 0 radical (unpaired) electrons. The highest BCUT2D eigenvalue weighted by atomic mass is 19.4. The summed E-state index contributed by atoms with van der Waals surface area (Å²) in [5, 5.41) is 18.4. The van der Waals surface area contributed by atoms with Crippen LogP contribution in [-0.4, -0.2) is 40.2 Å². The summed E-state index contributed by atoms with van der Waals surface area (Å²) in [5.41, 5.74) is -1.49. The number of nitro groups is 1. The lowest BCUT2D eigenvalue weighted by molar-refractivity contribution is -0.384. The molecule has 0 bridgehead atoms. The average Bonchev–Trinajstić information content (AvgIpc) is 3.24. The molecule has 0 aliphatic carbocycles. The maximum atomic E-state index is 12.9. The number of rotatable bonds is 7. The zero-order valence-electron chi connectivity index (χ0n) is 17.0. The summed E-state index contributed by atoms with van der Waals surface area (Å²) in [7, 11) is 0. The van der Waals surface area contributed by atoms with Gasteiger partial charge in [0.15, 0.2) is 0 Å². The number of nitrogens with zero attached hydrogens (tertiary/aromatic N) is 4. The third-order valence-electron chi connectivity index (χ3n) is 5.39. The van der Waals surface area contributed by atoms with Crippen molar-refractivity contribution in [3.63, 3.8) is 0 Å². The van der Waals surface area contributed by atoms with Crippen molar-refractivity contribution in [2.45, 2.75) is 32.5 Å². The monoisotopic (exact) mass is 439 g/mol. The maximum absolute atomic E-state index is 12.9. The molecule has 2 aromatic rings. The topological polar surface area (TPSA) is 93.3 Å². The second-order valence-electron chi connectivity index (χ2n) is 7.80. The predicted octanol–water partition coefficient (Wildman–Crippen LogP) is 3.48. The molecule has 1 amide bonds. The lowest BCUT2D eigenvalue weighted by atomic mass is 9.95. The van der Waals surface area contributed by atoms with Crippen LogP contribution < -0.4 is 10.2 Å². The van der Waals surface area contributed by atoms with Gasteiger partial charge in [-0.25, -0.2) is 0 Å². The summed E-state index contributed by atoms with van der Waals surface area (Å²) >= 11 is 0. The predicted molar refractivity (Wildman–Crippen MR) is 107 cm³/mol. The highest BCUT2D eigenvalue weighted by Gasteiger charge is 2.34. The number of halogens is 3. The number of carbonyl (C=O) groups is 1. The number of hydrogen-bond donors (Lipinski definition) is 1. The molecule has 11 heteroatoms. The fourth-order valence-electron chi connectivity index (χ4n) is 3.71. The number of amides is 1. The van der Waals surface area contributed by atoms with Gasteiger partial charge in [-0.1, -0.05) is 6.92 Å². The molecule has 168 valence electrons. The van der Waals surface area contributed by atoms with E-state index in [1.165, 1.54) is 0 Å². The van der Waals surface area contributed by atoms with E-state index < -0.39 is 22.4 Å². The summed E-state index contributed by atoms with van der Waals surface area (Å²) in [6, 6.07) is 4.38. The first-order valence-corrected chi connectivity index (χ1v) is 10.0. The van der Waals surface area contributed by atoms with E-state index in [4.69, 9.17) is 0 Å². The normalized spacial score (nSPS) is 16.2. The third kappa shape index (κ3) is 5.74. The molecule has 0 saturated carbocycles. The molecule has 8 nitrogen and oxygen atoms in total. The quantitative estimate of drug-likeness (QED) is 0.527. The van der Waals surface area contributed by atoms with Gasteiger partial charge >= 0.3 is 6.18 Å². The Morgan fingerprint density at radius 3 is 2.65 bits per heavy atom. The van der Waals surface area contributed by atoms with Gasteiger partial charge < -0.3 is 10.2 Å². The maximum Gasteiger partial charge on any atom is 0.416 e. The van der Waals surface area contributed by atoms with Crippen molar-refractivity contribution in [3.05, 3.63) is 52.3 Å². The van der Waals surface area contributed by atoms with E-state index in [1.807, 2.05) is 19.2 Å². The largest absolute Gasteiger partial charge is 0.416 e. The average molecular weight is 439 g/mol. The summed E-state index contributed by atoms with van der Waals surface area (Å²) in [4.78, 5) is 24.7. The minimum absolute atomic E-state index is 0.0751. The number of nitro benzene ring substituents is 1. The Hall–Kier alpha value is -3.11. The number of nitrogens with one attached hydrogen (secondary N) is 1. The fourth-order valence-corrected chi connectivity index (χ4v) is 3.71. The van der Waals surface area contributed by atoms with Crippen LogP contribution in [0.5, 0.6) is 0 Å². The van der Waals surface area contributed by atoms with E-state index in [2.05, 4.69) is 10.4 Å². The molecule has 1 aliphatic heterocycles. The van der Waals surface area contributed by atoms with Gasteiger partial charge in [-0.2, -0.15) is 18.3 Å². The van der Waals surface area contributed by atoms with E-state index in [-0.39, 0.29) is 23.4 Å². The lowest BCUT2D eigenvalue weighted by Crippen LogP contribution is -2.42. The van der Waals surface area contributed by atoms with Crippen LogP contribution in [-0.2, 0) is 17.5 Å². The van der Waals surface area contributed by atoms with Crippen molar-refractivity contribution in [3.8, 4) is 0 Å². The van der Waals surface area contributed by atoms with Crippen molar-refractivity contribution in [1.29, 1.82) is 0 Å². The Labute approximate surface area is 177 Å². The minimum Gasteiger partial charge on any atom is -0.366 e. The van der Waals surface area contributed by atoms with Crippen molar-refractivity contribution in [2.75, 3.05) is 24.5 Å². The fraction of sp³-hybridized carbons (Fsp3) is 0.500. The van der Waals surface area contributed by atoms with Gasteiger partial charge in [0.2, 0.25) is 5.91 Å². The van der Waals surface area contributed by atoms with E-state index in [0.717, 1.165) is 12.1 Å². The van der Waals surface area contributed by atoms with Crippen LogP contribution in [0.3, 0.4) is 0 Å². The van der Waals surface area contributed by atoms with Crippen LogP contribution in [0.4, 0.5) is 24.5 Å². The highest BCUT2D eigenvalue weighted by molar-refractivity contribution is 5.79. The molecule has 1 saturated heterocycles. The first-order chi connectivity index (χ1) is 14.6. The first kappa shape index (κ1) is 22.6. The Kier molecular flexibility index (Phi) is 6.81. The molecule has 0 spiro atoms. The molecule has 3 rings (SSSR count). The molecule has 1 aromatic carbocycles. The van der Waals surface area contributed by atoms with Crippen LogP contribution in [0.2, 0.25) is 0 Å². The van der Waals surface area contributed by atoms with Crippen LogP contribution in [0, 0.1) is 22.0 Å². The summed E-state index contributed by atoms with van der Waals surface area (Å²) in [6.45, 7) is 3.90. The molecule has 1 N–H and O–H groups in total. The summed E-state index contributed by atoms with van der Waals surface area (Å²) in [5.74, 6) is -0.116. The number of anilines is 1. The number of aromatic nitrogens is 2. The molecule has 1 unspecified atom stereocenters. The number of alkyl halides is 3. The molecule has 1 fully saturated rings. The van der Waals surface area contributed by atoms with Crippen molar-refractivity contribution in [1.82, 2.24) is 15.1 Å². The van der Waals surface area contributed by atoms with Crippen LogP contribution in [0.15, 0.2) is 36.7 Å². The first-order valence-electron chi connectivity index (χ1n) is 10.0. The molecular weight excluding hydrogens is 415 g/mol. The molecular formula is C20H24F3N5O3. The molecule has 1 aliphatic rings. The van der Waals surface area contributed by atoms with E-state index in [1.54, 1.807) is 15.8 Å². The lowest BCUT2D eigenvalue weighted by Gasteiger charge is -2.33. The standard InChI is InChI=1S/C20H24F3N5O3/c1-14(13-27-8-2-7-25-27)12-24-19(29)15-5-9-26(10-6-15)17-4-3-16(20(21,22)23)11-18(17)28(30)31/h2-4,7-8,11,14-15H,5-6,9-10,12-13H2,1H3,(H,24,29). The number of benzene rings is 1. The van der Waals surface area contributed by atoms with Crippen molar-refractivity contribution < 1.29 is 22.9 Å². The Morgan fingerprint density at radius 1 is 1.35 bits per heavy atom. The van der Waals surface area contributed by atoms with Crippen LogP contribution in [0.1, 0.15) is 25.3 Å². The third-order valence-corrected chi connectivity index (χ3v) is 5.39. The Bertz CT molecular complexity index is 909. The van der Waals surface area contributed by atoms with E-state index in [0.29, 0.717) is 45.1 Å². The van der Waals surface area contributed by atoms with Gasteiger partial charge in [-0.05, 0) is 37.0 Å². The summed E-state index contributed by atoms with van der Waals surface area (Å²) in [6.07, 6.45) is -0.160. The molecule has 1 atom stereocenters. The smallest absolute Gasteiger partial charge is 0.366 e. The molecule has 2 heterocycles. The second-order valence-corrected chi connectivity index (χ2v) is 7.80. The van der Waals surface area contributed by atoms with Gasteiger partial charge in [-0.3, -0.25) is 19.6 Å². The summed E-state index contributed by atoms with van der Waals surface area (Å²) < 4.78 is 40.5. The molecule has 1 aromatic heterocycles. The van der Waals surface area contributed by atoms with Crippen LogP contribution in [0.25, 0.3) is 0 Å². The van der Waals surface area contributed by atoms with Gasteiger partial charge in [0, 0.05) is 50.6 Å². The van der Waals surface area contributed by atoms with Gasteiger partial charge in [-0.15, -0.1) is 0 Å². The highest BCUT2D eigenvalue weighted by Crippen LogP contribution is 2.37. The van der Waals surface area contributed by atoms with E-state index in [9.17, 15) is 28.1 Å². The number of piperidine rings is 1. The van der Waals surface area contributed by atoms with Crippen LogP contribution >= 0.6 is 0 Å². The number of hydrogen-bond acceptors (Lipinski definition) is 5. The molecule has 31 heavy (non-hydrogen) atoms. The zero-order valence-corrected chi connectivity index (χ0v) is 17.0. The zero-order chi connectivity index (χ0) is 22.6. The van der Waals surface area contributed by atoms with E-state index >= 15 is 0 Å². The Morgan fingerprint density at radius 2 is 2.06 bits per heavy atom. The van der Waals surface area contributed by atoms with Gasteiger partial charge in [0.05, 0.1) is 10.5 Å².